The second kappa shape index (κ2) is 5.05. The molecule has 15 heavy (non-hydrogen) atoms. The van der Waals surface area contributed by atoms with E-state index in [4.69, 9.17) is 0 Å². The summed E-state index contributed by atoms with van der Waals surface area (Å²) in [6.07, 6.45) is 1.80. The summed E-state index contributed by atoms with van der Waals surface area (Å²) in [5, 5.41) is 9.01. The summed E-state index contributed by atoms with van der Waals surface area (Å²) in [6.45, 7) is 1.96. The van der Waals surface area contributed by atoms with Gasteiger partial charge in [0, 0.05) is 16.4 Å². The maximum absolute atomic E-state index is 4.29. The number of hydrogen-bond donors (Lipinski definition) is 0. The first-order valence-corrected chi connectivity index (χ1v) is 6.87. The van der Waals surface area contributed by atoms with Crippen LogP contribution in [0.2, 0.25) is 0 Å². The Morgan fingerprint density at radius 3 is 3.00 bits per heavy atom. The van der Waals surface area contributed by atoms with Crippen molar-refractivity contribution < 1.29 is 0 Å². The molecule has 0 spiro atoms. The van der Waals surface area contributed by atoms with Crippen molar-refractivity contribution in [1.29, 1.82) is 0 Å². The summed E-state index contributed by atoms with van der Waals surface area (Å²) in [5.74, 6) is 0.816. The summed E-state index contributed by atoms with van der Waals surface area (Å²) in [7, 11) is 0. The zero-order valence-electron chi connectivity index (χ0n) is 7.98. The molecule has 3 nitrogen and oxygen atoms in total. The number of pyridine rings is 1. The molecule has 0 aliphatic heterocycles. The molecule has 0 unspecified atom stereocenters. The van der Waals surface area contributed by atoms with Gasteiger partial charge in [0.15, 0.2) is 4.34 Å². The number of aromatic nitrogens is 3. The van der Waals surface area contributed by atoms with E-state index in [1.54, 1.807) is 29.3 Å². The Morgan fingerprint density at radius 2 is 2.33 bits per heavy atom. The molecule has 2 aromatic rings. The first-order valence-electron chi connectivity index (χ1n) is 4.28. The van der Waals surface area contributed by atoms with Gasteiger partial charge in [0.1, 0.15) is 5.01 Å². The van der Waals surface area contributed by atoms with Crippen LogP contribution < -0.4 is 0 Å². The molecule has 6 heteroatoms. The molecule has 78 valence electrons. The second-order valence-corrected chi connectivity index (χ2v) is 6.07. The van der Waals surface area contributed by atoms with Gasteiger partial charge >= 0.3 is 0 Å². The predicted octanol–water partition coefficient (Wildman–Crippen LogP) is 3.30. The fourth-order valence-corrected chi connectivity index (χ4v) is 3.35. The Hall–Kier alpha value is -0.460. The zero-order chi connectivity index (χ0) is 10.7. The van der Waals surface area contributed by atoms with Crippen LogP contribution in [0.3, 0.4) is 0 Å². The molecule has 0 N–H and O–H groups in total. The van der Waals surface area contributed by atoms with Crippen LogP contribution in [-0.4, -0.2) is 15.2 Å². The number of thioether (sulfide) groups is 1. The van der Waals surface area contributed by atoms with Crippen molar-refractivity contribution >= 4 is 39.0 Å². The maximum Gasteiger partial charge on any atom is 0.174 e. The lowest BCUT2D eigenvalue weighted by atomic mass is 10.4. The van der Waals surface area contributed by atoms with Crippen molar-refractivity contribution in [3.05, 3.63) is 33.5 Å². The van der Waals surface area contributed by atoms with Gasteiger partial charge in [-0.3, -0.25) is 4.98 Å². The van der Waals surface area contributed by atoms with Crippen molar-refractivity contribution in [2.24, 2.45) is 0 Å². The molecule has 2 heterocycles. The van der Waals surface area contributed by atoms with E-state index in [9.17, 15) is 0 Å². The lowest BCUT2D eigenvalue weighted by molar-refractivity contribution is 0.982. The van der Waals surface area contributed by atoms with E-state index < -0.39 is 0 Å². The molecular formula is C9H8BrN3S2. The largest absolute Gasteiger partial charge is 0.259 e. The molecule has 0 aliphatic carbocycles. The molecule has 0 atom stereocenters. The highest BCUT2D eigenvalue weighted by Gasteiger charge is 2.04. The molecule has 0 fully saturated rings. The number of aryl methyl sites for hydroxylation is 1. The molecule has 0 saturated carbocycles. The number of rotatable bonds is 3. The maximum atomic E-state index is 4.29. The third-order valence-electron chi connectivity index (χ3n) is 1.67. The van der Waals surface area contributed by atoms with Crippen molar-refractivity contribution in [2.75, 3.05) is 0 Å². The Kier molecular flexibility index (Phi) is 3.71. The first kappa shape index (κ1) is 11.0. The van der Waals surface area contributed by atoms with Gasteiger partial charge in [-0.1, -0.05) is 23.1 Å². The van der Waals surface area contributed by atoms with E-state index in [2.05, 4.69) is 31.1 Å². The minimum Gasteiger partial charge on any atom is -0.259 e. The van der Waals surface area contributed by atoms with Gasteiger partial charge in [-0.15, -0.1) is 10.2 Å². The van der Waals surface area contributed by atoms with Crippen LogP contribution >= 0.6 is 39.0 Å². The summed E-state index contributed by atoms with van der Waals surface area (Å²) in [5.41, 5.74) is 1.04. The van der Waals surface area contributed by atoms with Crippen LogP contribution in [0.4, 0.5) is 0 Å². The number of nitrogens with zero attached hydrogens (tertiary/aromatic N) is 3. The molecule has 0 aromatic carbocycles. The van der Waals surface area contributed by atoms with Gasteiger partial charge < -0.3 is 0 Å². The van der Waals surface area contributed by atoms with Crippen LogP contribution in [0.15, 0.2) is 27.1 Å². The van der Waals surface area contributed by atoms with Crippen LogP contribution in [0.5, 0.6) is 0 Å². The summed E-state index contributed by atoms with van der Waals surface area (Å²) < 4.78 is 2.03. The van der Waals surface area contributed by atoms with Crippen molar-refractivity contribution in [3.63, 3.8) is 0 Å². The standard InChI is InChI=1S/C9H8BrN3S2/c1-6-12-13-9(15-6)14-5-8-7(10)3-2-4-11-8/h2-4H,5H2,1H3. The van der Waals surface area contributed by atoms with Gasteiger partial charge in [-0.25, -0.2) is 0 Å². The molecule has 0 saturated heterocycles. The first-order chi connectivity index (χ1) is 7.25. The molecule has 0 bridgehead atoms. The molecular weight excluding hydrogens is 294 g/mol. The normalized spacial score (nSPS) is 10.5. The topological polar surface area (TPSA) is 38.7 Å². The lowest BCUT2D eigenvalue weighted by Gasteiger charge is -1.99. The summed E-state index contributed by atoms with van der Waals surface area (Å²) >= 11 is 6.74. The number of halogens is 1. The smallest absolute Gasteiger partial charge is 0.174 e. The third-order valence-corrected chi connectivity index (χ3v) is 4.38. The minimum atomic E-state index is 0.816. The highest BCUT2D eigenvalue weighted by molar-refractivity contribution is 9.10. The Labute approximate surface area is 104 Å². The number of hydrogen-bond acceptors (Lipinski definition) is 5. The van der Waals surface area contributed by atoms with E-state index in [0.717, 1.165) is 25.3 Å². The van der Waals surface area contributed by atoms with E-state index in [-0.39, 0.29) is 0 Å². The van der Waals surface area contributed by atoms with Gasteiger partial charge in [-0.2, -0.15) is 0 Å². The molecule has 2 aromatic heterocycles. The lowest BCUT2D eigenvalue weighted by Crippen LogP contribution is -1.87. The SMILES string of the molecule is Cc1nnc(SCc2ncccc2Br)s1. The van der Waals surface area contributed by atoms with Gasteiger partial charge in [0.25, 0.3) is 0 Å². The van der Waals surface area contributed by atoms with E-state index in [0.29, 0.717) is 0 Å². The van der Waals surface area contributed by atoms with Crippen LogP contribution in [0, 0.1) is 6.92 Å². The highest BCUT2D eigenvalue weighted by Crippen LogP contribution is 2.27. The zero-order valence-corrected chi connectivity index (χ0v) is 11.2. The fourth-order valence-electron chi connectivity index (χ4n) is 0.991. The third kappa shape index (κ3) is 2.99. The van der Waals surface area contributed by atoms with Crippen molar-refractivity contribution in [1.82, 2.24) is 15.2 Å². The Bertz CT molecular complexity index is 458. The molecule has 0 radical (unpaired) electrons. The highest BCUT2D eigenvalue weighted by atomic mass is 79.9. The average molecular weight is 302 g/mol. The molecule has 0 aliphatic rings. The van der Waals surface area contributed by atoms with Crippen molar-refractivity contribution in [3.8, 4) is 0 Å². The van der Waals surface area contributed by atoms with E-state index >= 15 is 0 Å². The van der Waals surface area contributed by atoms with E-state index in [1.165, 1.54) is 0 Å². The van der Waals surface area contributed by atoms with E-state index in [1.807, 2.05) is 19.1 Å². The predicted molar refractivity (Wildman–Crippen MR) is 66.1 cm³/mol. The Balaban J connectivity index is 2.02. The summed E-state index contributed by atoms with van der Waals surface area (Å²) in [4.78, 5) is 4.29. The monoisotopic (exact) mass is 301 g/mol. The van der Waals surface area contributed by atoms with Crippen LogP contribution in [0.25, 0.3) is 0 Å². The Morgan fingerprint density at radius 1 is 1.47 bits per heavy atom. The van der Waals surface area contributed by atoms with Crippen LogP contribution in [-0.2, 0) is 5.75 Å². The average Bonchev–Trinajstić information content (AvgIpc) is 2.63. The summed E-state index contributed by atoms with van der Waals surface area (Å²) in [6, 6.07) is 3.90. The fraction of sp³-hybridized carbons (Fsp3) is 0.222. The van der Waals surface area contributed by atoms with Crippen molar-refractivity contribution in [2.45, 2.75) is 17.0 Å². The molecule has 0 amide bonds. The second-order valence-electron chi connectivity index (χ2n) is 2.81. The molecule has 2 rings (SSSR count). The van der Waals surface area contributed by atoms with Gasteiger partial charge in [0.05, 0.1) is 5.69 Å². The quantitative estimate of drug-likeness (QED) is 0.816. The van der Waals surface area contributed by atoms with Gasteiger partial charge in [-0.05, 0) is 35.0 Å². The minimum absolute atomic E-state index is 0.816. The van der Waals surface area contributed by atoms with Crippen LogP contribution in [0.1, 0.15) is 10.7 Å². The van der Waals surface area contributed by atoms with Gasteiger partial charge in [0.2, 0.25) is 0 Å².